The second-order valence-corrected chi connectivity index (χ2v) is 11.2. The van der Waals surface area contributed by atoms with E-state index in [9.17, 15) is 9.59 Å². The van der Waals surface area contributed by atoms with Crippen LogP contribution in [-0.2, 0) is 13.1 Å². The molecule has 4 aromatic rings. The van der Waals surface area contributed by atoms with Crippen LogP contribution in [0.1, 0.15) is 78.3 Å². The van der Waals surface area contributed by atoms with Crippen LogP contribution in [0.3, 0.4) is 0 Å². The molecule has 9 nitrogen and oxygen atoms in total. The van der Waals surface area contributed by atoms with Crippen molar-refractivity contribution >= 4 is 16.9 Å². The molecule has 40 heavy (non-hydrogen) atoms. The number of nitrogens with zero attached hydrogens (tertiary/aromatic N) is 3. The Morgan fingerprint density at radius 2 is 1.88 bits per heavy atom. The summed E-state index contributed by atoms with van der Waals surface area (Å²) in [7, 11) is 0. The van der Waals surface area contributed by atoms with Gasteiger partial charge in [0.2, 0.25) is 0 Å². The molecule has 1 saturated carbocycles. The van der Waals surface area contributed by atoms with Gasteiger partial charge in [-0.3, -0.25) is 9.59 Å². The lowest BCUT2D eigenvalue weighted by Gasteiger charge is -2.29. The standard InChI is InChI=1S/C31H39N7O2/c1-18(2)38-29-25(17-35-38)23(30(39)34-16-24-19(3)13-20(4)36-31(24)40)14-28(37-29)22-11-9-21(10-12-22)15-33-27-8-6-5-7-26(27)32/h9-14,17-18,26-27,33H,5-8,15-16,32H2,1-4H3,(H,34,39)(H,36,40). The van der Waals surface area contributed by atoms with Gasteiger partial charge in [-0.1, -0.05) is 37.1 Å². The van der Waals surface area contributed by atoms with Crippen molar-refractivity contribution in [3.63, 3.8) is 0 Å². The summed E-state index contributed by atoms with van der Waals surface area (Å²) in [4.78, 5) is 33.7. The third-order valence-electron chi connectivity index (χ3n) is 7.86. The van der Waals surface area contributed by atoms with E-state index in [1.807, 2.05) is 56.6 Å². The summed E-state index contributed by atoms with van der Waals surface area (Å²) in [6.45, 7) is 8.68. The molecule has 0 radical (unpaired) electrons. The van der Waals surface area contributed by atoms with Crippen molar-refractivity contribution in [2.45, 2.75) is 84.6 Å². The third kappa shape index (κ3) is 5.85. The number of rotatable bonds is 8. The average molecular weight is 542 g/mol. The summed E-state index contributed by atoms with van der Waals surface area (Å²) in [5, 5.41) is 11.8. The largest absolute Gasteiger partial charge is 0.348 e. The van der Waals surface area contributed by atoms with Crippen LogP contribution in [0.15, 0.2) is 47.4 Å². The predicted octanol–water partition coefficient (Wildman–Crippen LogP) is 4.27. The first-order valence-corrected chi connectivity index (χ1v) is 14.2. The molecule has 0 aliphatic heterocycles. The smallest absolute Gasteiger partial charge is 0.253 e. The summed E-state index contributed by atoms with van der Waals surface area (Å²) < 4.78 is 1.83. The lowest BCUT2D eigenvalue weighted by atomic mass is 9.91. The second-order valence-electron chi connectivity index (χ2n) is 11.2. The summed E-state index contributed by atoms with van der Waals surface area (Å²) in [6.07, 6.45) is 6.33. The highest BCUT2D eigenvalue weighted by Crippen LogP contribution is 2.27. The first-order valence-electron chi connectivity index (χ1n) is 14.2. The van der Waals surface area contributed by atoms with Crippen molar-refractivity contribution in [1.82, 2.24) is 30.4 Å². The van der Waals surface area contributed by atoms with Crippen LogP contribution in [-0.4, -0.2) is 37.7 Å². The first kappa shape index (κ1) is 27.7. The normalized spacial score (nSPS) is 17.4. The van der Waals surface area contributed by atoms with E-state index in [1.54, 1.807) is 6.20 Å². The number of aromatic nitrogens is 4. The molecule has 0 saturated heterocycles. The molecule has 0 spiro atoms. The lowest BCUT2D eigenvalue weighted by molar-refractivity contribution is 0.0952. The van der Waals surface area contributed by atoms with Crippen molar-refractivity contribution in [1.29, 1.82) is 0 Å². The van der Waals surface area contributed by atoms with Crippen LogP contribution in [0.2, 0.25) is 0 Å². The number of fused-ring (bicyclic) bond motifs is 1. The summed E-state index contributed by atoms with van der Waals surface area (Å²) >= 11 is 0. The predicted molar refractivity (Wildman–Crippen MR) is 158 cm³/mol. The number of aromatic amines is 1. The minimum Gasteiger partial charge on any atom is -0.348 e. The number of carbonyl (C=O) groups is 1. The van der Waals surface area contributed by atoms with Gasteiger partial charge in [0.1, 0.15) is 0 Å². The van der Waals surface area contributed by atoms with Crippen LogP contribution in [0.4, 0.5) is 0 Å². The van der Waals surface area contributed by atoms with Gasteiger partial charge >= 0.3 is 0 Å². The summed E-state index contributed by atoms with van der Waals surface area (Å²) in [5.41, 5.74) is 12.2. The Morgan fingerprint density at radius 1 is 1.12 bits per heavy atom. The van der Waals surface area contributed by atoms with Crippen LogP contribution in [0, 0.1) is 13.8 Å². The van der Waals surface area contributed by atoms with Crippen molar-refractivity contribution in [3.8, 4) is 11.3 Å². The van der Waals surface area contributed by atoms with Crippen LogP contribution in [0.25, 0.3) is 22.3 Å². The Balaban J connectivity index is 1.41. The fourth-order valence-corrected chi connectivity index (χ4v) is 5.55. The minimum atomic E-state index is -0.277. The number of benzene rings is 1. The molecular formula is C31H39N7O2. The molecule has 5 rings (SSSR count). The molecule has 9 heteroatoms. The van der Waals surface area contributed by atoms with Crippen molar-refractivity contribution in [3.05, 3.63) is 80.9 Å². The Kier molecular flexibility index (Phi) is 8.14. The van der Waals surface area contributed by atoms with E-state index in [1.165, 1.54) is 18.4 Å². The van der Waals surface area contributed by atoms with Gasteiger partial charge in [-0.05, 0) is 63.8 Å². The quantitative estimate of drug-likeness (QED) is 0.263. The maximum atomic E-state index is 13.5. The maximum Gasteiger partial charge on any atom is 0.253 e. The number of nitrogens with two attached hydrogens (primary N) is 1. The number of H-pyrrole nitrogens is 1. The molecule has 1 aliphatic carbocycles. The highest BCUT2D eigenvalue weighted by molar-refractivity contribution is 6.06. The maximum absolute atomic E-state index is 13.5. The lowest BCUT2D eigenvalue weighted by Crippen LogP contribution is -2.46. The van der Waals surface area contributed by atoms with E-state index < -0.39 is 0 Å². The summed E-state index contributed by atoms with van der Waals surface area (Å²) in [6, 6.07) is 12.6. The van der Waals surface area contributed by atoms with Gasteiger partial charge in [0.15, 0.2) is 5.65 Å². The third-order valence-corrected chi connectivity index (χ3v) is 7.86. The Morgan fingerprint density at radius 3 is 2.58 bits per heavy atom. The zero-order valence-corrected chi connectivity index (χ0v) is 23.8. The van der Waals surface area contributed by atoms with Gasteiger partial charge in [0.25, 0.3) is 11.5 Å². The molecule has 1 aliphatic rings. The van der Waals surface area contributed by atoms with Gasteiger partial charge in [0, 0.05) is 48.0 Å². The first-order chi connectivity index (χ1) is 19.2. The Hall–Kier alpha value is -3.82. The fraction of sp³-hybridized carbons (Fsp3) is 0.419. The van der Waals surface area contributed by atoms with Crippen molar-refractivity contribution in [2.24, 2.45) is 5.73 Å². The Bertz CT molecular complexity index is 1570. The number of carbonyl (C=O) groups excluding carboxylic acids is 1. The molecule has 2 unspecified atom stereocenters. The number of nitrogens with one attached hydrogen (secondary N) is 3. The van der Waals surface area contributed by atoms with Gasteiger partial charge in [0.05, 0.1) is 22.8 Å². The van der Waals surface area contributed by atoms with E-state index >= 15 is 0 Å². The number of hydrogen-bond donors (Lipinski definition) is 4. The van der Waals surface area contributed by atoms with E-state index in [4.69, 9.17) is 10.7 Å². The van der Waals surface area contributed by atoms with Crippen LogP contribution in [0.5, 0.6) is 0 Å². The second kappa shape index (κ2) is 11.7. The Labute approximate surface area is 234 Å². The molecule has 3 heterocycles. The highest BCUT2D eigenvalue weighted by Gasteiger charge is 2.21. The van der Waals surface area contributed by atoms with Crippen molar-refractivity contribution < 1.29 is 4.79 Å². The van der Waals surface area contributed by atoms with Gasteiger partial charge in [-0.2, -0.15) is 5.10 Å². The zero-order chi connectivity index (χ0) is 28.4. The molecule has 5 N–H and O–H groups in total. The SMILES string of the molecule is Cc1cc(C)c(CNC(=O)c2cc(-c3ccc(CNC4CCCCC4N)cc3)nc3c2cnn3C(C)C)c(=O)[nH]1. The highest BCUT2D eigenvalue weighted by atomic mass is 16.1. The fourth-order valence-electron chi connectivity index (χ4n) is 5.55. The van der Waals surface area contributed by atoms with E-state index in [-0.39, 0.29) is 30.1 Å². The topological polar surface area (TPSA) is 131 Å². The zero-order valence-electron chi connectivity index (χ0n) is 23.8. The summed E-state index contributed by atoms with van der Waals surface area (Å²) in [5.74, 6) is -0.277. The molecule has 0 bridgehead atoms. The van der Waals surface area contributed by atoms with Crippen LogP contribution >= 0.6 is 0 Å². The average Bonchev–Trinajstić information content (AvgIpc) is 3.36. The molecule has 1 aromatic carbocycles. The van der Waals surface area contributed by atoms with E-state index in [2.05, 4.69) is 32.8 Å². The monoisotopic (exact) mass is 541 g/mol. The van der Waals surface area contributed by atoms with Gasteiger partial charge in [-0.25, -0.2) is 9.67 Å². The number of hydrogen-bond acceptors (Lipinski definition) is 6. The molecule has 2 atom stereocenters. The number of amides is 1. The van der Waals surface area contributed by atoms with Crippen LogP contribution < -0.4 is 21.9 Å². The molecular weight excluding hydrogens is 502 g/mol. The van der Waals surface area contributed by atoms with Crippen molar-refractivity contribution in [2.75, 3.05) is 0 Å². The molecule has 1 fully saturated rings. The van der Waals surface area contributed by atoms with Gasteiger partial charge in [-0.15, -0.1) is 0 Å². The molecule has 3 aromatic heterocycles. The molecule has 1 amide bonds. The molecule has 210 valence electrons. The number of pyridine rings is 2. The number of aryl methyl sites for hydroxylation is 2. The van der Waals surface area contributed by atoms with Gasteiger partial charge < -0.3 is 21.4 Å². The van der Waals surface area contributed by atoms with E-state index in [0.29, 0.717) is 33.9 Å². The van der Waals surface area contributed by atoms with E-state index in [0.717, 1.165) is 36.2 Å². The minimum absolute atomic E-state index is 0.0736.